The number of allylic oxidation sites excluding steroid dienone is 1. The fourth-order valence-corrected chi connectivity index (χ4v) is 4.80. The third-order valence-electron chi connectivity index (χ3n) is 5.42. The number of rotatable bonds is 7. The fraction of sp³-hybridized carbons (Fsp3) is 0.154. The van der Waals surface area contributed by atoms with Crippen molar-refractivity contribution in [3.05, 3.63) is 89.5 Å². The largest absolute Gasteiger partial charge is 0.507 e. The zero-order valence-electron chi connectivity index (χ0n) is 17.7. The average molecular weight is 477 g/mol. The van der Waals surface area contributed by atoms with E-state index in [1.165, 1.54) is 11.8 Å². The molecule has 1 atom stereocenters. The summed E-state index contributed by atoms with van der Waals surface area (Å²) in [7, 11) is 0. The van der Waals surface area contributed by atoms with Gasteiger partial charge in [0, 0.05) is 28.3 Å². The highest BCUT2D eigenvalue weighted by Crippen LogP contribution is 2.37. The highest BCUT2D eigenvalue weighted by Gasteiger charge is 2.25. The number of hydrogen-bond donors (Lipinski definition) is 1. The van der Waals surface area contributed by atoms with Crippen LogP contribution in [-0.2, 0) is 12.8 Å². The molecule has 0 saturated carbocycles. The Bertz CT molecular complexity index is 1320. The van der Waals surface area contributed by atoms with E-state index in [1.54, 1.807) is 18.2 Å². The van der Waals surface area contributed by atoms with Crippen LogP contribution in [0.5, 0.6) is 11.5 Å². The number of nitrogens with zero attached hydrogens (tertiary/aromatic N) is 2. The second-order valence-corrected chi connectivity index (χ2v) is 9.21. The van der Waals surface area contributed by atoms with Gasteiger partial charge in [-0.05, 0) is 65.6 Å². The second-order valence-electron chi connectivity index (χ2n) is 7.81. The fourth-order valence-electron chi connectivity index (χ4n) is 3.86. The molecule has 0 amide bonds. The molecule has 0 fully saturated rings. The quantitative estimate of drug-likeness (QED) is 0.240. The number of aromatic nitrogens is 2. The first kappa shape index (κ1) is 21.6. The van der Waals surface area contributed by atoms with Crippen LogP contribution in [0.3, 0.4) is 0 Å². The van der Waals surface area contributed by atoms with Gasteiger partial charge in [0.2, 0.25) is 5.89 Å². The van der Waals surface area contributed by atoms with Crippen LogP contribution >= 0.6 is 23.4 Å². The molecule has 33 heavy (non-hydrogen) atoms. The molecule has 5 rings (SSSR count). The molecule has 1 aromatic heterocycles. The average Bonchev–Trinajstić information content (AvgIpc) is 3.45. The first-order chi connectivity index (χ1) is 16.1. The molecule has 0 unspecified atom stereocenters. The molecular formula is C26H21ClN2O3S. The van der Waals surface area contributed by atoms with Gasteiger partial charge in [-0.1, -0.05) is 47.6 Å². The summed E-state index contributed by atoms with van der Waals surface area (Å²) in [6.07, 6.45) is 3.40. The van der Waals surface area contributed by atoms with Crippen molar-refractivity contribution in [3.63, 3.8) is 0 Å². The van der Waals surface area contributed by atoms with E-state index in [-0.39, 0.29) is 11.9 Å². The number of aromatic hydroxyl groups is 1. The van der Waals surface area contributed by atoms with E-state index in [4.69, 9.17) is 20.8 Å². The Morgan fingerprint density at radius 3 is 2.85 bits per heavy atom. The molecule has 1 aliphatic rings. The van der Waals surface area contributed by atoms with Crippen LogP contribution in [0, 0.1) is 0 Å². The van der Waals surface area contributed by atoms with Gasteiger partial charge in [-0.2, -0.15) is 0 Å². The first-order valence-electron chi connectivity index (χ1n) is 10.5. The predicted molar refractivity (Wildman–Crippen MR) is 131 cm³/mol. The Kier molecular flexibility index (Phi) is 6.11. The molecule has 1 aliphatic heterocycles. The van der Waals surface area contributed by atoms with Gasteiger partial charge >= 0.3 is 0 Å². The zero-order valence-corrected chi connectivity index (χ0v) is 19.3. The molecule has 2 heterocycles. The molecule has 4 aromatic rings. The van der Waals surface area contributed by atoms with Crippen LogP contribution in [0.25, 0.3) is 22.6 Å². The van der Waals surface area contributed by atoms with Gasteiger partial charge in [0.25, 0.3) is 5.22 Å². The summed E-state index contributed by atoms with van der Waals surface area (Å²) in [5.74, 6) is 2.26. The van der Waals surface area contributed by atoms with E-state index in [2.05, 4.69) is 22.8 Å². The lowest BCUT2D eigenvalue weighted by Crippen LogP contribution is -2.15. The molecule has 7 heteroatoms. The van der Waals surface area contributed by atoms with Crippen LogP contribution in [0.15, 0.2) is 83.0 Å². The number of thioether (sulfide) groups is 1. The van der Waals surface area contributed by atoms with E-state index >= 15 is 0 Å². The van der Waals surface area contributed by atoms with Gasteiger partial charge in [-0.25, -0.2) is 0 Å². The van der Waals surface area contributed by atoms with Gasteiger partial charge in [-0.3, -0.25) is 0 Å². The van der Waals surface area contributed by atoms with Crippen LogP contribution in [0.4, 0.5) is 0 Å². The molecule has 0 radical (unpaired) electrons. The van der Waals surface area contributed by atoms with E-state index in [0.717, 1.165) is 46.4 Å². The lowest BCUT2D eigenvalue weighted by molar-refractivity contribution is 0.259. The van der Waals surface area contributed by atoms with Crippen LogP contribution in [-0.4, -0.2) is 27.2 Å². The topological polar surface area (TPSA) is 68.4 Å². The van der Waals surface area contributed by atoms with Crippen molar-refractivity contribution in [2.45, 2.75) is 24.2 Å². The van der Waals surface area contributed by atoms with Crippen molar-refractivity contribution in [2.75, 3.05) is 5.75 Å². The van der Waals surface area contributed by atoms with Gasteiger partial charge in [-0.15, -0.1) is 16.8 Å². The summed E-state index contributed by atoms with van der Waals surface area (Å²) < 4.78 is 11.9. The normalized spacial score (nSPS) is 14.6. The number of fused-ring (bicyclic) bond motifs is 1. The Morgan fingerprint density at radius 1 is 1.09 bits per heavy atom. The third kappa shape index (κ3) is 4.77. The van der Waals surface area contributed by atoms with Crippen LogP contribution < -0.4 is 4.74 Å². The predicted octanol–water partition coefficient (Wildman–Crippen LogP) is 6.59. The summed E-state index contributed by atoms with van der Waals surface area (Å²) in [5, 5.41) is 19.7. The minimum Gasteiger partial charge on any atom is -0.507 e. The molecular weight excluding hydrogens is 456 g/mol. The Hall–Kier alpha value is -3.22. The standard InChI is InChI=1S/C26H21ClN2O3S/c1-2-4-16-7-9-23(30)22(11-16)17-8-10-24-19(12-17)14-21(31-24)15-33-26-29-28-25(32-26)18-5-3-6-20(27)13-18/h2-3,5-13,21,30H,1,4,14-15H2/t21-/m0/s1. The number of hydrogen-bond acceptors (Lipinski definition) is 6. The lowest BCUT2D eigenvalue weighted by atomic mass is 9.98. The number of phenols is 1. The van der Waals surface area contributed by atoms with E-state index in [0.29, 0.717) is 21.9 Å². The van der Waals surface area contributed by atoms with Crippen molar-refractivity contribution in [1.82, 2.24) is 10.2 Å². The van der Waals surface area contributed by atoms with Crippen molar-refractivity contribution >= 4 is 23.4 Å². The molecule has 3 aromatic carbocycles. The summed E-state index contributed by atoms with van der Waals surface area (Å²) in [4.78, 5) is 0. The molecule has 1 N–H and O–H groups in total. The number of benzene rings is 3. The van der Waals surface area contributed by atoms with E-state index in [9.17, 15) is 5.11 Å². The van der Waals surface area contributed by atoms with Crippen molar-refractivity contribution in [3.8, 4) is 34.1 Å². The van der Waals surface area contributed by atoms with Gasteiger partial charge in [0.15, 0.2) is 0 Å². The second kappa shape index (κ2) is 9.33. The molecule has 0 bridgehead atoms. The number of halogens is 1. The van der Waals surface area contributed by atoms with Crippen molar-refractivity contribution in [2.24, 2.45) is 0 Å². The summed E-state index contributed by atoms with van der Waals surface area (Å²) in [6, 6.07) is 19.0. The maximum absolute atomic E-state index is 10.4. The molecule has 0 aliphatic carbocycles. The maximum atomic E-state index is 10.4. The van der Waals surface area contributed by atoms with Crippen LogP contribution in [0.1, 0.15) is 11.1 Å². The van der Waals surface area contributed by atoms with Crippen molar-refractivity contribution < 1.29 is 14.3 Å². The van der Waals surface area contributed by atoms with Gasteiger partial charge < -0.3 is 14.3 Å². The maximum Gasteiger partial charge on any atom is 0.276 e. The first-order valence-corrected chi connectivity index (χ1v) is 11.9. The van der Waals surface area contributed by atoms with E-state index in [1.807, 2.05) is 42.5 Å². The molecule has 0 saturated heterocycles. The summed E-state index contributed by atoms with van der Waals surface area (Å²) >= 11 is 7.51. The Labute approximate surface area is 201 Å². The lowest BCUT2D eigenvalue weighted by Gasteiger charge is -2.09. The third-order valence-corrected chi connectivity index (χ3v) is 6.61. The minimum absolute atomic E-state index is 0.00228. The van der Waals surface area contributed by atoms with Crippen LogP contribution in [0.2, 0.25) is 5.02 Å². The SMILES string of the molecule is C=CCc1ccc(O)c(-c2ccc3c(c2)C[C@@H](CSc2nnc(-c4cccc(Cl)c4)o2)O3)c1. The summed E-state index contributed by atoms with van der Waals surface area (Å²) in [6.45, 7) is 3.79. The Morgan fingerprint density at radius 2 is 2.00 bits per heavy atom. The monoisotopic (exact) mass is 476 g/mol. The molecule has 5 nitrogen and oxygen atoms in total. The number of phenolic OH excluding ortho intramolecular Hbond substituents is 1. The van der Waals surface area contributed by atoms with Gasteiger partial charge in [0.05, 0.1) is 0 Å². The number of ether oxygens (including phenoxy) is 1. The van der Waals surface area contributed by atoms with Crippen molar-refractivity contribution in [1.29, 1.82) is 0 Å². The highest BCUT2D eigenvalue weighted by molar-refractivity contribution is 7.99. The highest BCUT2D eigenvalue weighted by atomic mass is 35.5. The van der Waals surface area contributed by atoms with Gasteiger partial charge in [0.1, 0.15) is 17.6 Å². The smallest absolute Gasteiger partial charge is 0.276 e. The Balaban J connectivity index is 1.25. The minimum atomic E-state index is 0.00228. The zero-order chi connectivity index (χ0) is 22.8. The van der Waals surface area contributed by atoms with E-state index < -0.39 is 0 Å². The molecule has 0 spiro atoms. The summed E-state index contributed by atoms with van der Waals surface area (Å²) in [5.41, 5.74) is 4.81. The molecule has 166 valence electrons.